The summed E-state index contributed by atoms with van der Waals surface area (Å²) in [6.45, 7) is 2.28. The first kappa shape index (κ1) is 29.0. The van der Waals surface area contributed by atoms with Crippen LogP contribution in [0, 0.1) is 23.7 Å². The van der Waals surface area contributed by atoms with Gasteiger partial charge in [-0.1, -0.05) is 82.5 Å². The Morgan fingerprint density at radius 2 is 1.70 bits per heavy atom. The van der Waals surface area contributed by atoms with Crippen LogP contribution in [0.5, 0.6) is 5.75 Å². The Hall–Kier alpha value is -3.75. The number of hydrogen-bond acceptors (Lipinski definition) is 5. The van der Waals surface area contributed by atoms with Crippen LogP contribution in [0.15, 0.2) is 88.9 Å². The maximum absolute atomic E-state index is 15.1. The number of phenolic OH excluding ortho intramolecular Hbond substituents is 1. The highest BCUT2D eigenvalue weighted by Crippen LogP contribution is 2.65. The fourth-order valence-electron chi connectivity index (χ4n) is 8.35. The number of rotatable bonds is 5. The first-order chi connectivity index (χ1) is 21.2. The van der Waals surface area contributed by atoms with E-state index in [2.05, 4.69) is 15.9 Å². The van der Waals surface area contributed by atoms with Crippen LogP contribution in [-0.2, 0) is 24.6 Å². The number of nitrogens with zero attached hydrogens (tertiary/aromatic N) is 2. The summed E-state index contributed by atoms with van der Waals surface area (Å²) in [4.78, 5) is 59.8. The molecule has 2 aliphatic carbocycles. The topological polar surface area (TPSA) is 95.0 Å². The van der Waals surface area contributed by atoms with E-state index in [1.165, 1.54) is 9.80 Å². The van der Waals surface area contributed by atoms with Gasteiger partial charge in [-0.3, -0.25) is 24.1 Å². The van der Waals surface area contributed by atoms with E-state index in [0.29, 0.717) is 45.7 Å². The van der Waals surface area contributed by atoms with E-state index >= 15 is 4.79 Å². The molecule has 2 heterocycles. The van der Waals surface area contributed by atoms with E-state index in [1.54, 1.807) is 42.5 Å². The zero-order chi connectivity index (χ0) is 30.9. The monoisotopic (exact) mass is 672 g/mol. The highest BCUT2D eigenvalue weighted by atomic mass is 79.9. The lowest BCUT2D eigenvalue weighted by molar-refractivity contribution is -0.140. The number of hydrogen-bond donors (Lipinski definition) is 1. The van der Waals surface area contributed by atoms with Gasteiger partial charge in [0.05, 0.1) is 28.9 Å². The predicted octanol–water partition coefficient (Wildman–Crippen LogP) is 6.38. The minimum absolute atomic E-state index is 0.0150. The van der Waals surface area contributed by atoms with Gasteiger partial charge < -0.3 is 5.11 Å². The standard InChI is InChI=1S/C35H30BrClN2O5/c1-2-15-38-31(41)24-13-12-23-25(29(24)33(38)43)18-27-32(42)39(22-10-6-9-21(37)17-22)34(44)35(27,19-7-4-3-5-8-19)30(23)26-16-20(36)11-14-28(26)40/h3-12,14,16-17,24-25,27,29-30,40H,2,13,15,18H2,1H3/t24-,25+,27-,29-,30+,35+/m0/s1. The molecule has 2 aliphatic heterocycles. The maximum Gasteiger partial charge on any atom is 0.246 e. The van der Waals surface area contributed by atoms with Crippen LogP contribution in [-0.4, -0.2) is 40.2 Å². The normalized spacial score (nSPS) is 29.4. The molecule has 0 unspecified atom stereocenters. The summed E-state index contributed by atoms with van der Waals surface area (Å²) in [5.74, 6) is -4.47. The molecule has 1 N–H and O–H groups in total. The van der Waals surface area contributed by atoms with Crippen molar-refractivity contribution >= 4 is 56.8 Å². The number of phenols is 1. The SMILES string of the molecule is CCCN1C(=O)[C@H]2[C@H](CC=C3[C@H]2C[C@H]2C(=O)N(c4cccc(Cl)c4)C(=O)[C@@]2(c2ccccc2)[C@H]3c2cc(Br)ccc2O)C1=O. The lowest BCUT2D eigenvalue weighted by Crippen LogP contribution is -2.53. The van der Waals surface area contributed by atoms with Gasteiger partial charge in [0, 0.05) is 27.5 Å². The smallest absolute Gasteiger partial charge is 0.246 e. The van der Waals surface area contributed by atoms with E-state index in [9.17, 15) is 19.5 Å². The first-order valence-corrected chi connectivity index (χ1v) is 16.1. The third-order valence-electron chi connectivity index (χ3n) is 10.0. The molecule has 3 aromatic rings. The summed E-state index contributed by atoms with van der Waals surface area (Å²) >= 11 is 9.90. The number of likely N-dealkylation sites (tertiary alicyclic amines) is 1. The number of halogens is 2. The van der Waals surface area contributed by atoms with Crippen molar-refractivity contribution in [2.24, 2.45) is 23.7 Å². The molecule has 9 heteroatoms. The maximum atomic E-state index is 15.1. The average Bonchev–Trinajstić information content (AvgIpc) is 3.40. The van der Waals surface area contributed by atoms with Crippen molar-refractivity contribution in [3.63, 3.8) is 0 Å². The Bertz CT molecular complexity index is 1760. The number of carbonyl (C=O) groups excluding carboxylic acids is 4. The molecule has 7 nitrogen and oxygen atoms in total. The summed E-state index contributed by atoms with van der Waals surface area (Å²) in [6, 6.07) is 21.0. The van der Waals surface area contributed by atoms with Crippen LogP contribution in [0.4, 0.5) is 5.69 Å². The van der Waals surface area contributed by atoms with Gasteiger partial charge in [-0.25, -0.2) is 4.90 Å². The van der Waals surface area contributed by atoms with Crippen LogP contribution in [0.25, 0.3) is 0 Å². The number of benzene rings is 3. The van der Waals surface area contributed by atoms with Gasteiger partial charge in [0.25, 0.3) is 0 Å². The van der Waals surface area contributed by atoms with Crippen LogP contribution in [0.1, 0.15) is 43.2 Å². The number of fused-ring (bicyclic) bond motifs is 4. The summed E-state index contributed by atoms with van der Waals surface area (Å²) in [5, 5.41) is 11.8. The van der Waals surface area contributed by atoms with Crippen LogP contribution in [0.2, 0.25) is 5.02 Å². The van der Waals surface area contributed by atoms with Gasteiger partial charge >= 0.3 is 0 Å². The van der Waals surface area contributed by atoms with E-state index in [4.69, 9.17) is 11.6 Å². The van der Waals surface area contributed by atoms with Crippen molar-refractivity contribution in [2.45, 2.75) is 37.5 Å². The van der Waals surface area contributed by atoms with Crippen molar-refractivity contribution in [1.29, 1.82) is 0 Å². The number of amides is 4. The van der Waals surface area contributed by atoms with E-state index < -0.39 is 40.9 Å². The highest BCUT2D eigenvalue weighted by Gasteiger charge is 2.70. The van der Waals surface area contributed by atoms with E-state index in [0.717, 1.165) is 5.57 Å². The molecule has 7 rings (SSSR count). The van der Waals surface area contributed by atoms with Gasteiger partial charge in [-0.15, -0.1) is 0 Å². The average molecular weight is 674 g/mol. The Kier molecular flexibility index (Phi) is 7.05. The highest BCUT2D eigenvalue weighted by molar-refractivity contribution is 9.10. The number of allylic oxidation sites excluding steroid dienone is 2. The minimum Gasteiger partial charge on any atom is -0.508 e. The van der Waals surface area contributed by atoms with Gasteiger partial charge in [0.1, 0.15) is 5.75 Å². The molecular weight excluding hydrogens is 644 g/mol. The Morgan fingerprint density at radius 1 is 0.932 bits per heavy atom. The van der Waals surface area contributed by atoms with Crippen LogP contribution in [0.3, 0.4) is 0 Å². The molecule has 44 heavy (non-hydrogen) atoms. The molecule has 6 atom stereocenters. The minimum atomic E-state index is -1.43. The Labute approximate surface area is 268 Å². The van der Waals surface area contributed by atoms with Crippen molar-refractivity contribution in [1.82, 2.24) is 4.90 Å². The third-order valence-corrected chi connectivity index (χ3v) is 10.7. The number of anilines is 1. The molecular formula is C35H30BrClN2O5. The zero-order valence-electron chi connectivity index (χ0n) is 24.0. The van der Waals surface area contributed by atoms with E-state index in [1.807, 2.05) is 43.3 Å². The summed E-state index contributed by atoms with van der Waals surface area (Å²) in [6.07, 6.45) is 3.21. The Balaban J connectivity index is 1.51. The lowest BCUT2D eigenvalue weighted by Gasteiger charge is -2.50. The summed E-state index contributed by atoms with van der Waals surface area (Å²) in [7, 11) is 0. The molecule has 0 radical (unpaired) electrons. The summed E-state index contributed by atoms with van der Waals surface area (Å²) < 4.78 is 0.700. The molecule has 224 valence electrons. The molecule has 0 aromatic heterocycles. The second kappa shape index (κ2) is 10.7. The molecule has 4 aliphatic rings. The first-order valence-electron chi connectivity index (χ1n) is 14.9. The van der Waals surface area contributed by atoms with Crippen LogP contribution >= 0.6 is 27.5 Å². The van der Waals surface area contributed by atoms with E-state index in [-0.39, 0.29) is 29.9 Å². The molecule has 0 bridgehead atoms. The molecule has 0 spiro atoms. The van der Waals surface area contributed by atoms with Crippen molar-refractivity contribution in [3.8, 4) is 5.75 Å². The second-order valence-corrected chi connectivity index (χ2v) is 13.5. The van der Waals surface area contributed by atoms with Gasteiger partial charge in [-0.2, -0.15) is 0 Å². The Morgan fingerprint density at radius 3 is 2.43 bits per heavy atom. The van der Waals surface area contributed by atoms with Crippen molar-refractivity contribution in [2.75, 3.05) is 11.4 Å². The number of aromatic hydroxyl groups is 1. The van der Waals surface area contributed by atoms with Crippen LogP contribution < -0.4 is 4.90 Å². The second-order valence-electron chi connectivity index (χ2n) is 12.1. The third kappa shape index (κ3) is 4.00. The lowest BCUT2D eigenvalue weighted by atomic mass is 9.49. The van der Waals surface area contributed by atoms with Gasteiger partial charge in [0.15, 0.2) is 0 Å². The number of imide groups is 2. The molecule has 2 saturated heterocycles. The fourth-order valence-corrected chi connectivity index (χ4v) is 8.92. The summed E-state index contributed by atoms with van der Waals surface area (Å²) in [5.41, 5.74) is 0.890. The van der Waals surface area contributed by atoms with Gasteiger partial charge in [0.2, 0.25) is 23.6 Å². The predicted molar refractivity (Wildman–Crippen MR) is 169 cm³/mol. The fraction of sp³-hybridized carbons (Fsp3) is 0.314. The molecule has 3 fully saturated rings. The largest absolute Gasteiger partial charge is 0.508 e. The molecule has 1 saturated carbocycles. The zero-order valence-corrected chi connectivity index (χ0v) is 26.3. The quantitative estimate of drug-likeness (QED) is 0.251. The van der Waals surface area contributed by atoms with Crippen molar-refractivity contribution < 1.29 is 24.3 Å². The molecule has 3 aromatic carbocycles. The van der Waals surface area contributed by atoms with Gasteiger partial charge in [-0.05, 0) is 67.1 Å². The number of carbonyl (C=O) groups is 4. The molecule has 4 amide bonds. The van der Waals surface area contributed by atoms with Crippen molar-refractivity contribution in [3.05, 3.63) is 105 Å².